The van der Waals surface area contributed by atoms with E-state index in [1.807, 2.05) is 25.1 Å². The second-order valence-corrected chi connectivity index (χ2v) is 5.54. The first-order valence-corrected chi connectivity index (χ1v) is 7.83. The van der Waals surface area contributed by atoms with Crippen molar-refractivity contribution >= 4 is 34.7 Å². The van der Waals surface area contributed by atoms with E-state index >= 15 is 0 Å². The molecule has 0 saturated heterocycles. The molecule has 0 heterocycles. The van der Waals surface area contributed by atoms with E-state index in [4.69, 9.17) is 17.0 Å². The Morgan fingerprint density at radius 3 is 2.61 bits per heavy atom. The van der Waals surface area contributed by atoms with Gasteiger partial charge in [0, 0.05) is 11.4 Å². The minimum absolute atomic E-state index is 0.343. The minimum Gasteiger partial charge on any atom is -0.462 e. The summed E-state index contributed by atoms with van der Waals surface area (Å²) in [6, 6.07) is 13.1. The number of rotatable bonds is 4. The van der Waals surface area contributed by atoms with E-state index in [9.17, 15) is 4.79 Å². The summed E-state index contributed by atoms with van der Waals surface area (Å²) in [7, 11) is 0. The Morgan fingerprint density at radius 2 is 1.87 bits per heavy atom. The number of esters is 1. The van der Waals surface area contributed by atoms with Crippen molar-refractivity contribution in [3.05, 3.63) is 59.2 Å². The molecule has 120 valence electrons. The third kappa shape index (κ3) is 4.53. The van der Waals surface area contributed by atoms with Gasteiger partial charge in [-0.25, -0.2) is 4.79 Å². The first-order chi connectivity index (χ1) is 11.0. The lowest BCUT2D eigenvalue weighted by Crippen LogP contribution is -2.20. The number of thiocarbonyl (C=S) groups is 1. The van der Waals surface area contributed by atoms with Gasteiger partial charge in [0.15, 0.2) is 5.11 Å². The van der Waals surface area contributed by atoms with Crippen molar-refractivity contribution in [3.8, 4) is 0 Å². The highest BCUT2D eigenvalue weighted by molar-refractivity contribution is 7.80. The number of carbonyl (C=O) groups is 1. The van der Waals surface area contributed by atoms with Gasteiger partial charge in [0.1, 0.15) is 0 Å². The molecular formula is C18H20N2O2S. The van der Waals surface area contributed by atoms with Crippen LogP contribution < -0.4 is 10.6 Å². The van der Waals surface area contributed by atoms with Crippen LogP contribution in [0.3, 0.4) is 0 Å². The number of carbonyl (C=O) groups excluding carboxylic acids is 1. The van der Waals surface area contributed by atoms with Crippen molar-refractivity contribution in [2.75, 3.05) is 17.2 Å². The molecule has 0 saturated carbocycles. The number of anilines is 2. The van der Waals surface area contributed by atoms with Crippen LogP contribution in [0, 0.1) is 13.8 Å². The van der Waals surface area contributed by atoms with Gasteiger partial charge in [-0.05, 0) is 68.4 Å². The average Bonchev–Trinajstić information content (AvgIpc) is 2.52. The number of ether oxygens (including phenoxy) is 1. The first-order valence-electron chi connectivity index (χ1n) is 7.42. The second kappa shape index (κ2) is 7.74. The van der Waals surface area contributed by atoms with Gasteiger partial charge < -0.3 is 15.4 Å². The summed E-state index contributed by atoms with van der Waals surface area (Å²) in [4.78, 5) is 11.8. The summed E-state index contributed by atoms with van der Waals surface area (Å²) >= 11 is 5.34. The van der Waals surface area contributed by atoms with Gasteiger partial charge in [0.2, 0.25) is 0 Å². The Labute approximate surface area is 141 Å². The molecule has 0 atom stereocenters. The van der Waals surface area contributed by atoms with E-state index in [-0.39, 0.29) is 5.97 Å². The average molecular weight is 328 g/mol. The summed E-state index contributed by atoms with van der Waals surface area (Å²) in [6.45, 7) is 6.23. The normalized spacial score (nSPS) is 10.0. The minimum atomic E-state index is -0.343. The van der Waals surface area contributed by atoms with Gasteiger partial charge in [0.05, 0.1) is 12.2 Å². The van der Waals surface area contributed by atoms with E-state index in [1.165, 1.54) is 5.56 Å². The lowest BCUT2D eigenvalue weighted by Gasteiger charge is -2.14. The van der Waals surface area contributed by atoms with Gasteiger partial charge in [-0.1, -0.05) is 18.2 Å². The van der Waals surface area contributed by atoms with Gasteiger partial charge in [-0.3, -0.25) is 0 Å². The molecule has 0 amide bonds. The predicted molar refractivity (Wildman–Crippen MR) is 98.2 cm³/mol. The Hall–Kier alpha value is -2.40. The molecule has 2 aromatic rings. The van der Waals surface area contributed by atoms with Crippen LogP contribution in [0.25, 0.3) is 0 Å². The predicted octanol–water partition coefficient (Wildman–Crippen LogP) is 4.29. The molecule has 0 fully saturated rings. The maximum atomic E-state index is 11.8. The fraction of sp³-hybridized carbons (Fsp3) is 0.222. The molecule has 0 radical (unpaired) electrons. The Kier molecular flexibility index (Phi) is 5.71. The molecule has 5 heteroatoms. The Bertz CT molecular complexity index is 729. The summed E-state index contributed by atoms with van der Waals surface area (Å²) in [6.07, 6.45) is 0. The van der Waals surface area contributed by atoms with Crippen LogP contribution in [0.5, 0.6) is 0 Å². The molecule has 0 aliphatic carbocycles. The van der Waals surface area contributed by atoms with Crippen LogP contribution in [0.15, 0.2) is 42.5 Å². The monoisotopic (exact) mass is 328 g/mol. The molecular weight excluding hydrogens is 308 g/mol. The molecule has 0 aromatic heterocycles. The van der Waals surface area contributed by atoms with Crippen LogP contribution >= 0.6 is 12.2 Å². The molecule has 4 nitrogen and oxygen atoms in total. The Morgan fingerprint density at radius 1 is 1.13 bits per heavy atom. The van der Waals surface area contributed by atoms with Crippen molar-refractivity contribution in [2.24, 2.45) is 0 Å². The highest BCUT2D eigenvalue weighted by atomic mass is 32.1. The second-order valence-electron chi connectivity index (χ2n) is 5.13. The van der Waals surface area contributed by atoms with Crippen LogP contribution in [-0.2, 0) is 4.74 Å². The number of hydrogen-bond acceptors (Lipinski definition) is 3. The summed E-state index contributed by atoms with van der Waals surface area (Å²) < 4.78 is 5.00. The molecule has 2 N–H and O–H groups in total. The van der Waals surface area contributed by atoms with Gasteiger partial charge in [-0.15, -0.1) is 0 Å². The zero-order valence-electron chi connectivity index (χ0n) is 13.5. The largest absolute Gasteiger partial charge is 0.462 e. The Balaban J connectivity index is 2.07. The number of hydrogen-bond donors (Lipinski definition) is 2. The zero-order valence-corrected chi connectivity index (χ0v) is 14.3. The molecule has 23 heavy (non-hydrogen) atoms. The van der Waals surface area contributed by atoms with Gasteiger partial charge in [0.25, 0.3) is 0 Å². The van der Waals surface area contributed by atoms with Crippen LogP contribution in [-0.4, -0.2) is 17.7 Å². The third-order valence-corrected chi connectivity index (χ3v) is 3.69. The maximum Gasteiger partial charge on any atom is 0.338 e. The van der Waals surface area contributed by atoms with Gasteiger partial charge in [-0.2, -0.15) is 0 Å². The topological polar surface area (TPSA) is 50.4 Å². The van der Waals surface area contributed by atoms with Crippen molar-refractivity contribution in [2.45, 2.75) is 20.8 Å². The molecule has 0 bridgehead atoms. The van der Waals surface area contributed by atoms with E-state index in [1.54, 1.807) is 25.1 Å². The number of benzene rings is 2. The van der Waals surface area contributed by atoms with Crippen LogP contribution in [0.4, 0.5) is 11.4 Å². The molecule has 2 aromatic carbocycles. The third-order valence-electron chi connectivity index (χ3n) is 3.48. The zero-order chi connectivity index (χ0) is 16.8. The summed E-state index contributed by atoms with van der Waals surface area (Å²) in [5.41, 5.74) is 4.54. The standard InChI is InChI=1S/C18H20N2O2S/c1-4-22-17(21)14-8-6-9-15(11-14)19-18(23)20-16-10-5-7-12(2)13(16)3/h5-11H,4H2,1-3H3,(H2,19,20,23). The summed E-state index contributed by atoms with van der Waals surface area (Å²) in [5.74, 6) is -0.343. The van der Waals surface area contributed by atoms with Gasteiger partial charge >= 0.3 is 5.97 Å². The smallest absolute Gasteiger partial charge is 0.338 e. The van der Waals surface area contributed by atoms with Crippen molar-refractivity contribution in [1.82, 2.24) is 0 Å². The quantitative estimate of drug-likeness (QED) is 0.648. The molecule has 0 aliphatic rings. The van der Waals surface area contributed by atoms with Crippen molar-refractivity contribution in [1.29, 1.82) is 0 Å². The van der Waals surface area contributed by atoms with Crippen LogP contribution in [0.2, 0.25) is 0 Å². The molecule has 0 unspecified atom stereocenters. The summed E-state index contributed by atoms with van der Waals surface area (Å²) in [5, 5.41) is 6.74. The van der Waals surface area contributed by atoms with E-state index < -0.39 is 0 Å². The maximum absolute atomic E-state index is 11.8. The SMILES string of the molecule is CCOC(=O)c1cccc(NC(=S)Nc2cccc(C)c2C)c1. The van der Waals surface area contributed by atoms with Crippen molar-refractivity contribution in [3.63, 3.8) is 0 Å². The molecule has 2 rings (SSSR count). The van der Waals surface area contributed by atoms with Crippen molar-refractivity contribution < 1.29 is 9.53 Å². The highest BCUT2D eigenvalue weighted by Gasteiger charge is 2.08. The lowest BCUT2D eigenvalue weighted by atomic mass is 10.1. The fourth-order valence-corrected chi connectivity index (χ4v) is 2.34. The van der Waals surface area contributed by atoms with E-state index in [0.717, 1.165) is 16.9 Å². The van der Waals surface area contributed by atoms with Crippen LogP contribution in [0.1, 0.15) is 28.4 Å². The van der Waals surface area contributed by atoms with E-state index in [2.05, 4.69) is 23.6 Å². The fourth-order valence-electron chi connectivity index (χ4n) is 2.11. The van der Waals surface area contributed by atoms with E-state index in [0.29, 0.717) is 17.3 Å². The lowest BCUT2D eigenvalue weighted by molar-refractivity contribution is 0.0526. The number of nitrogens with one attached hydrogen (secondary N) is 2. The number of aryl methyl sites for hydroxylation is 1. The molecule has 0 spiro atoms. The molecule has 0 aliphatic heterocycles. The highest BCUT2D eigenvalue weighted by Crippen LogP contribution is 2.19. The first kappa shape index (κ1) is 17.0.